The lowest BCUT2D eigenvalue weighted by Crippen LogP contribution is -2.11. The molecule has 3 rings (SSSR count). The van der Waals surface area contributed by atoms with Crippen molar-refractivity contribution in [3.8, 4) is 10.6 Å². The third-order valence-corrected chi connectivity index (χ3v) is 5.21. The minimum absolute atomic E-state index is 0.0938. The summed E-state index contributed by atoms with van der Waals surface area (Å²) in [6.07, 6.45) is 0.750. The number of benzene rings is 1. The third-order valence-electron chi connectivity index (χ3n) is 3.44. The van der Waals surface area contributed by atoms with Crippen LogP contribution in [-0.4, -0.2) is 47.1 Å². The molecule has 31 heavy (non-hydrogen) atoms. The number of thiophene rings is 1. The molecule has 0 spiro atoms. The Hall–Kier alpha value is -3.64. The molecule has 0 aliphatic carbocycles. The van der Waals surface area contributed by atoms with Gasteiger partial charge in [0.25, 0.3) is 11.6 Å². The van der Waals surface area contributed by atoms with Gasteiger partial charge in [-0.3, -0.25) is 29.8 Å². The van der Waals surface area contributed by atoms with Crippen LogP contribution < -0.4 is 10.6 Å². The highest BCUT2D eigenvalue weighted by molar-refractivity contribution is 7.21. The van der Waals surface area contributed by atoms with Crippen molar-refractivity contribution >= 4 is 56.7 Å². The standard InChI is InChI=1S/C16H12N4O4S2.C3H7NO/c1-9(21)17-15-13(12-3-2-8-25-12)18-16(26-15)19-14(22)10-4-6-11(7-5-10)20(23)24;1-4(2)3-5/h2-8H,1H3,(H,17,21)(H,18,19,22);3H,1-2H3. The first-order chi connectivity index (χ1) is 14.7. The van der Waals surface area contributed by atoms with E-state index in [1.54, 1.807) is 14.1 Å². The van der Waals surface area contributed by atoms with Gasteiger partial charge < -0.3 is 10.2 Å². The molecule has 3 aromatic rings. The van der Waals surface area contributed by atoms with E-state index in [1.165, 1.54) is 47.4 Å². The Morgan fingerprint density at radius 3 is 2.29 bits per heavy atom. The summed E-state index contributed by atoms with van der Waals surface area (Å²) in [4.78, 5) is 50.0. The number of nitrogens with one attached hydrogen (secondary N) is 2. The highest BCUT2D eigenvalue weighted by Crippen LogP contribution is 2.38. The zero-order valence-corrected chi connectivity index (χ0v) is 18.5. The molecule has 2 N–H and O–H groups in total. The van der Waals surface area contributed by atoms with E-state index in [1.807, 2.05) is 17.5 Å². The molecular formula is C19H19N5O5S2. The summed E-state index contributed by atoms with van der Waals surface area (Å²) in [6, 6.07) is 9.00. The first kappa shape index (κ1) is 23.6. The summed E-state index contributed by atoms with van der Waals surface area (Å²) in [6.45, 7) is 1.40. The number of aromatic nitrogens is 1. The lowest BCUT2D eigenvalue weighted by Gasteiger charge is -2.01. The average Bonchev–Trinajstić information content (AvgIpc) is 3.38. The monoisotopic (exact) mass is 461 g/mol. The van der Waals surface area contributed by atoms with Gasteiger partial charge in [0.2, 0.25) is 12.3 Å². The van der Waals surface area contributed by atoms with Gasteiger partial charge in [0, 0.05) is 38.7 Å². The Morgan fingerprint density at radius 1 is 1.16 bits per heavy atom. The molecule has 1 aromatic carbocycles. The molecule has 0 aliphatic rings. The smallest absolute Gasteiger partial charge is 0.269 e. The largest absolute Gasteiger partial charge is 0.351 e. The number of amides is 3. The fourth-order valence-electron chi connectivity index (χ4n) is 2.10. The summed E-state index contributed by atoms with van der Waals surface area (Å²) in [5, 5.41) is 18.8. The predicted octanol–water partition coefficient (Wildman–Crippen LogP) is 3.69. The minimum Gasteiger partial charge on any atom is -0.351 e. The molecule has 0 bridgehead atoms. The van der Waals surface area contributed by atoms with Crippen LogP contribution >= 0.6 is 22.7 Å². The van der Waals surface area contributed by atoms with Gasteiger partial charge in [-0.25, -0.2) is 4.98 Å². The van der Waals surface area contributed by atoms with Crippen molar-refractivity contribution in [3.63, 3.8) is 0 Å². The number of non-ortho nitro benzene ring substituents is 1. The second kappa shape index (κ2) is 10.9. The maximum absolute atomic E-state index is 12.3. The van der Waals surface area contributed by atoms with Crippen LogP contribution in [0.4, 0.5) is 15.8 Å². The molecule has 0 unspecified atom stereocenters. The first-order valence-electron chi connectivity index (χ1n) is 8.71. The SMILES string of the molecule is CC(=O)Nc1sc(NC(=O)c2ccc([N+](=O)[O-])cc2)nc1-c1cccs1.CN(C)C=O. The van der Waals surface area contributed by atoms with Crippen molar-refractivity contribution in [2.75, 3.05) is 24.7 Å². The van der Waals surface area contributed by atoms with E-state index in [-0.39, 0.29) is 17.2 Å². The highest BCUT2D eigenvalue weighted by atomic mass is 32.1. The van der Waals surface area contributed by atoms with E-state index in [0.29, 0.717) is 15.8 Å². The van der Waals surface area contributed by atoms with Crippen molar-refractivity contribution in [3.05, 3.63) is 57.5 Å². The number of rotatable bonds is 6. The lowest BCUT2D eigenvalue weighted by molar-refractivity contribution is -0.384. The zero-order valence-electron chi connectivity index (χ0n) is 16.8. The molecule has 0 fully saturated rings. The molecule has 0 saturated heterocycles. The van der Waals surface area contributed by atoms with E-state index in [2.05, 4.69) is 15.6 Å². The number of nitro groups is 1. The summed E-state index contributed by atoms with van der Waals surface area (Å²) in [5.41, 5.74) is 0.757. The van der Waals surface area contributed by atoms with E-state index >= 15 is 0 Å². The van der Waals surface area contributed by atoms with Crippen LogP contribution in [0.2, 0.25) is 0 Å². The Balaban J connectivity index is 0.000000614. The number of nitrogens with zero attached hydrogens (tertiary/aromatic N) is 3. The Kier molecular flexibility index (Phi) is 8.34. The number of hydrogen-bond donors (Lipinski definition) is 2. The quantitative estimate of drug-likeness (QED) is 0.327. The molecule has 12 heteroatoms. The van der Waals surface area contributed by atoms with Crippen molar-refractivity contribution in [2.24, 2.45) is 0 Å². The lowest BCUT2D eigenvalue weighted by atomic mass is 10.2. The number of hydrogen-bond acceptors (Lipinski definition) is 8. The van der Waals surface area contributed by atoms with Gasteiger partial charge in [-0.05, 0) is 23.6 Å². The fraction of sp³-hybridized carbons (Fsp3) is 0.158. The number of nitro benzene ring substituents is 1. The molecule has 3 amide bonds. The number of carbonyl (C=O) groups excluding carboxylic acids is 3. The first-order valence-corrected chi connectivity index (χ1v) is 10.4. The zero-order chi connectivity index (χ0) is 23.0. The van der Waals surface area contributed by atoms with Crippen LogP contribution in [0.5, 0.6) is 0 Å². The maximum atomic E-state index is 12.3. The average molecular weight is 462 g/mol. The normalized spacial score (nSPS) is 9.77. The van der Waals surface area contributed by atoms with Gasteiger partial charge >= 0.3 is 0 Å². The highest BCUT2D eigenvalue weighted by Gasteiger charge is 2.17. The molecule has 0 atom stereocenters. The van der Waals surface area contributed by atoms with E-state index < -0.39 is 10.8 Å². The Morgan fingerprint density at radius 2 is 1.81 bits per heavy atom. The molecule has 10 nitrogen and oxygen atoms in total. The van der Waals surface area contributed by atoms with Crippen LogP contribution in [0.25, 0.3) is 10.6 Å². The molecule has 0 saturated carbocycles. The summed E-state index contributed by atoms with van der Waals surface area (Å²) < 4.78 is 0. The van der Waals surface area contributed by atoms with Gasteiger partial charge in [-0.1, -0.05) is 17.4 Å². The van der Waals surface area contributed by atoms with Gasteiger partial charge in [0.1, 0.15) is 10.7 Å². The van der Waals surface area contributed by atoms with Crippen molar-refractivity contribution in [2.45, 2.75) is 6.92 Å². The third kappa shape index (κ3) is 6.97. The van der Waals surface area contributed by atoms with E-state index in [9.17, 15) is 24.5 Å². The summed E-state index contributed by atoms with van der Waals surface area (Å²) in [7, 11) is 3.38. The molecule has 2 aromatic heterocycles. The van der Waals surface area contributed by atoms with Crippen molar-refractivity contribution in [1.82, 2.24) is 9.88 Å². The second-order valence-corrected chi connectivity index (χ2v) is 8.13. The van der Waals surface area contributed by atoms with Gasteiger partial charge in [-0.15, -0.1) is 11.3 Å². The van der Waals surface area contributed by atoms with Crippen LogP contribution in [-0.2, 0) is 9.59 Å². The topological polar surface area (TPSA) is 135 Å². The molecular weight excluding hydrogens is 442 g/mol. The van der Waals surface area contributed by atoms with Crippen LogP contribution in [0, 0.1) is 10.1 Å². The van der Waals surface area contributed by atoms with Crippen LogP contribution in [0.1, 0.15) is 17.3 Å². The summed E-state index contributed by atoms with van der Waals surface area (Å²) in [5.74, 6) is -0.680. The van der Waals surface area contributed by atoms with Crippen LogP contribution in [0.3, 0.4) is 0 Å². The second-order valence-electron chi connectivity index (χ2n) is 6.18. The van der Waals surface area contributed by atoms with E-state index in [0.717, 1.165) is 22.6 Å². The van der Waals surface area contributed by atoms with E-state index in [4.69, 9.17) is 0 Å². The molecule has 162 valence electrons. The van der Waals surface area contributed by atoms with Gasteiger partial charge in [0.05, 0.1) is 9.80 Å². The number of carbonyl (C=O) groups is 3. The molecule has 0 aliphatic heterocycles. The Bertz CT molecular complexity index is 1060. The number of anilines is 2. The minimum atomic E-state index is -0.532. The van der Waals surface area contributed by atoms with Crippen molar-refractivity contribution in [1.29, 1.82) is 0 Å². The predicted molar refractivity (Wildman–Crippen MR) is 121 cm³/mol. The van der Waals surface area contributed by atoms with Crippen LogP contribution in [0.15, 0.2) is 41.8 Å². The Labute approximate surface area is 185 Å². The molecule has 2 heterocycles. The summed E-state index contributed by atoms with van der Waals surface area (Å²) >= 11 is 2.61. The van der Waals surface area contributed by atoms with Gasteiger partial charge in [0.15, 0.2) is 5.13 Å². The number of thiazole rings is 1. The van der Waals surface area contributed by atoms with Crippen molar-refractivity contribution < 1.29 is 19.3 Å². The van der Waals surface area contributed by atoms with Gasteiger partial charge in [-0.2, -0.15) is 0 Å². The molecule has 0 radical (unpaired) electrons. The maximum Gasteiger partial charge on any atom is 0.269 e. The fourth-order valence-corrected chi connectivity index (χ4v) is 3.81.